The molecule has 20 heavy (non-hydrogen) atoms. The quantitative estimate of drug-likeness (QED) is 0.832. The van der Waals surface area contributed by atoms with Crippen LogP contribution in [0.25, 0.3) is 0 Å². The minimum atomic E-state index is -0.167. The molecule has 0 bridgehead atoms. The number of carbonyl (C=O) groups excluding carboxylic acids is 1. The number of nitrogens with one attached hydrogen (secondary N) is 1. The van der Waals surface area contributed by atoms with Crippen molar-refractivity contribution in [3.05, 3.63) is 29.8 Å². The number of aliphatic hydroxyl groups is 1. The first-order valence-corrected chi connectivity index (χ1v) is 6.82. The van der Waals surface area contributed by atoms with Gasteiger partial charge in [0.2, 0.25) is 5.91 Å². The van der Waals surface area contributed by atoms with E-state index < -0.39 is 0 Å². The van der Waals surface area contributed by atoms with E-state index in [4.69, 9.17) is 5.11 Å². The molecule has 1 amide bonds. The predicted octanol–water partition coefficient (Wildman–Crippen LogP) is 3.04. The molecule has 3 heteroatoms. The zero-order valence-electron chi connectivity index (χ0n) is 12.7. The van der Waals surface area contributed by atoms with E-state index in [1.54, 1.807) is 0 Å². The lowest BCUT2D eigenvalue weighted by Gasteiger charge is -2.26. The summed E-state index contributed by atoms with van der Waals surface area (Å²) in [6.45, 7) is 8.32. The van der Waals surface area contributed by atoms with Crippen LogP contribution in [0, 0.1) is 23.2 Å². The fourth-order valence-electron chi connectivity index (χ4n) is 1.61. The molecule has 2 N–H and O–H groups in total. The SMILES string of the molecule is CC(CC(=O)Nc1cccc(C#CCO)c1)C(C)(C)C. The van der Waals surface area contributed by atoms with E-state index in [0.29, 0.717) is 12.3 Å². The van der Waals surface area contributed by atoms with Gasteiger partial charge in [0.05, 0.1) is 0 Å². The molecule has 0 aliphatic carbocycles. The number of amides is 1. The monoisotopic (exact) mass is 273 g/mol. The zero-order valence-corrected chi connectivity index (χ0v) is 12.7. The van der Waals surface area contributed by atoms with Gasteiger partial charge in [-0.25, -0.2) is 0 Å². The van der Waals surface area contributed by atoms with Gasteiger partial charge >= 0.3 is 0 Å². The average molecular weight is 273 g/mol. The number of hydrogen-bond donors (Lipinski definition) is 2. The normalized spacial score (nSPS) is 12.2. The minimum Gasteiger partial charge on any atom is -0.384 e. The molecule has 1 aromatic carbocycles. The van der Waals surface area contributed by atoms with Gasteiger partial charge in [-0.1, -0.05) is 45.6 Å². The number of aliphatic hydroxyl groups excluding tert-OH is 1. The van der Waals surface area contributed by atoms with Crippen molar-refractivity contribution in [2.24, 2.45) is 11.3 Å². The van der Waals surface area contributed by atoms with Crippen molar-refractivity contribution in [2.45, 2.75) is 34.1 Å². The molecule has 1 rings (SSSR count). The second kappa shape index (κ2) is 7.12. The van der Waals surface area contributed by atoms with E-state index >= 15 is 0 Å². The molecule has 0 aliphatic rings. The highest BCUT2D eigenvalue weighted by Crippen LogP contribution is 2.28. The lowest BCUT2D eigenvalue weighted by atomic mass is 9.80. The standard InChI is InChI=1S/C17H23NO2/c1-13(17(2,3)4)11-16(20)18-15-9-5-7-14(12-15)8-6-10-19/h5,7,9,12-13,19H,10-11H2,1-4H3,(H,18,20). The molecule has 1 aromatic rings. The first-order valence-electron chi connectivity index (χ1n) is 6.82. The van der Waals surface area contributed by atoms with Crippen LogP contribution in [0.3, 0.4) is 0 Å². The van der Waals surface area contributed by atoms with Gasteiger partial charge in [-0.2, -0.15) is 0 Å². The Labute approximate surface area is 121 Å². The molecule has 108 valence electrons. The van der Waals surface area contributed by atoms with E-state index in [-0.39, 0.29) is 17.9 Å². The summed E-state index contributed by atoms with van der Waals surface area (Å²) in [6.07, 6.45) is 0.496. The summed E-state index contributed by atoms with van der Waals surface area (Å²) in [4.78, 5) is 12.0. The summed E-state index contributed by atoms with van der Waals surface area (Å²) < 4.78 is 0. The van der Waals surface area contributed by atoms with E-state index in [1.165, 1.54) is 0 Å². The summed E-state index contributed by atoms with van der Waals surface area (Å²) >= 11 is 0. The Hall–Kier alpha value is -1.79. The van der Waals surface area contributed by atoms with Crippen LogP contribution in [0.1, 0.15) is 39.7 Å². The summed E-state index contributed by atoms with van der Waals surface area (Å²) in [5, 5.41) is 11.6. The van der Waals surface area contributed by atoms with Gasteiger partial charge in [0, 0.05) is 17.7 Å². The molecule has 0 heterocycles. The summed E-state index contributed by atoms with van der Waals surface area (Å²) in [5.41, 5.74) is 1.63. The first-order chi connectivity index (χ1) is 9.32. The van der Waals surface area contributed by atoms with E-state index in [9.17, 15) is 4.79 Å². The second-order valence-corrected chi connectivity index (χ2v) is 6.06. The topological polar surface area (TPSA) is 49.3 Å². The van der Waals surface area contributed by atoms with Crippen molar-refractivity contribution in [1.29, 1.82) is 0 Å². The maximum absolute atomic E-state index is 12.0. The third-order valence-electron chi connectivity index (χ3n) is 3.43. The number of benzene rings is 1. The third-order valence-corrected chi connectivity index (χ3v) is 3.43. The van der Waals surface area contributed by atoms with Gasteiger partial charge in [0.25, 0.3) is 0 Å². The molecular weight excluding hydrogens is 250 g/mol. The van der Waals surface area contributed by atoms with Gasteiger partial charge in [0.1, 0.15) is 6.61 Å². The van der Waals surface area contributed by atoms with Crippen LogP contribution in [0.2, 0.25) is 0 Å². The van der Waals surface area contributed by atoms with Crippen molar-refractivity contribution >= 4 is 11.6 Å². The Morgan fingerprint density at radius 1 is 1.40 bits per heavy atom. The van der Waals surface area contributed by atoms with Crippen LogP contribution < -0.4 is 5.32 Å². The highest BCUT2D eigenvalue weighted by Gasteiger charge is 2.22. The van der Waals surface area contributed by atoms with Crippen LogP contribution in [0.4, 0.5) is 5.69 Å². The van der Waals surface area contributed by atoms with Crippen LogP contribution in [-0.4, -0.2) is 17.6 Å². The Kier molecular flexibility index (Phi) is 5.79. The van der Waals surface area contributed by atoms with Crippen molar-refractivity contribution in [3.63, 3.8) is 0 Å². The number of carbonyl (C=O) groups is 1. The predicted molar refractivity (Wildman–Crippen MR) is 82.3 cm³/mol. The van der Waals surface area contributed by atoms with Gasteiger partial charge in [-0.15, -0.1) is 0 Å². The lowest BCUT2D eigenvalue weighted by molar-refractivity contribution is -0.117. The lowest BCUT2D eigenvalue weighted by Crippen LogP contribution is -2.23. The van der Waals surface area contributed by atoms with Gasteiger partial charge < -0.3 is 10.4 Å². The number of anilines is 1. The fraction of sp³-hybridized carbons (Fsp3) is 0.471. The number of rotatable bonds is 3. The zero-order chi connectivity index (χ0) is 15.2. The van der Waals surface area contributed by atoms with E-state index in [1.807, 2.05) is 24.3 Å². The van der Waals surface area contributed by atoms with Crippen molar-refractivity contribution in [1.82, 2.24) is 0 Å². The highest BCUT2D eigenvalue weighted by atomic mass is 16.2. The molecule has 0 saturated heterocycles. The first kappa shape index (κ1) is 16.3. The summed E-state index contributed by atoms with van der Waals surface area (Å²) in [7, 11) is 0. The largest absolute Gasteiger partial charge is 0.384 e. The molecule has 0 radical (unpaired) electrons. The van der Waals surface area contributed by atoms with Gasteiger partial charge in [-0.05, 0) is 29.5 Å². The van der Waals surface area contributed by atoms with Crippen molar-refractivity contribution in [3.8, 4) is 11.8 Å². The summed E-state index contributed by atoms with van der Waals surface area (Å²) in [6, 6.07) is 7.33. The maximum atomic E-state index is 12.0. The van der Waals surface area contributed by atoms with Gasteiger partial charge in [-0.3, -0.25) is 4.79 Å². The van der Waals surface area contributed by atoms with Crippen molar-refractivity contribution in [2.75, 3.05) is 11.9 Å². The molecule has 0 aliphatic heterocycles. The van der Waals surface area contributed by atoms with E-state index in [0.717, 1.165) is 11.3 Å². The molecule has 1 unspecified atom stereocenters. The highest BCUT2D eigenvalue weighted by molar-refractivity contribution is 5.91. The maximum Gasteiger partial charge on any atom is 0.224 e. The minimum absolute atomic E-state index is 0.0136. The van der Waals surface area contributed by atoms with Crippen LogP contribution in [0.5, 0.6) is 0 Å². The fourth-order valence-corrected chi connectivity index (χ4v) is 1.61. The summed E-state index contributed by atoms with van der Waals surface area (Å²) in [5.74, 6) is 5.73. The molecule has 3 nitrogen and oxygen atoms in total. The molecule has 0 saturated carbocycles. The molecule has 0 fully saturated rings. The van der Waals surface area contributed by atoms with Crippen LogP contribution in [0.15, 0.2) is 24.3 Å². The molecule has 0 spiro atoms. The Balaban J connectivity index is 2.67. The Bertz CT molecular complexity index is 518. The van der Waals surface area contributed by atoms with Gasteiger partial charge in [0.15, 0.2) is 0 Å². The van der Waals surface area contributed by atoms with Crippen LogP contribution >= 0.6 is 0 Å². The number of hydrogen-bond acceptors (Lipinski definition) is 2. The smallest absolute Gasteiger partial charge is 0.224 e. The molecule has 1 atom stereocenters. The Morgan fingerprint density at radius 3 is 2.70 bits per heavy atom. The van der Waals surface area contributed by atoms with Crippen LogP contribution in [-0.2, 0) is 4.79 Å². The average Bonchev–Trinajstić information content (AvgIpc) is 2.35. The van der Waals surface area contributed by atoms with Crippen molar-refractivity contribution < 1.29 is 9.90 Å². The van der Waals surface area contributed by atoms with E-state index in [2.05, 4.69) is 44.9 Å². The molecular formula is C17H23NO2. The second-order valence-electron chi connectivity index (χ2n) is 6.06. The molecule has 0 aromatic heterocycles. The Morgan fingerprint density at radius 2 is 2.10 bits per heavy atom. The third kappa shape index (κ3) is 5.46.